The fraction of sp³-hybridized carbons (Fsp3) is 0.0435. The van der Waals surface area contributed by atoms with E-state index >= 15 is 0 Å². The van der Waals surface area contributed by atoms with Crippen LogP contribution in [0.2, 0.25) is 0 Å². The lowest BCUT2D eigenvalue weighted by atomic mass is 9.84. The predicted molar refractivity (Wildman–Crippen MR) is 109 cm³/mol. The average Bonchev–Trinajstić information content (AvgIpc) is 3.31. The molecule has 0 bridgehead atoms. The van der Waals surface area contributed by atoms with E-state index in [1.54, 1.807) is 0 Å². The van der Waals surface area contributed by atoms with Gasteiger partial charge in [0, 0.05) is 51.7 Å². The monoisotopic (exact) mass is 370 g/mol. The molecular formula is C23H18N2O3. The van der Waals surface area contributed by atoms with Gasteiger partial charge in [0.05, 0.1) is 0 Å². The molecule has 0 amide bonds. The Labute approximate surface area is 160 Å². The summed E-state index contributed by atoms with van der Waals surface area (Å²) in [6.45, 7) is 0. The van der Waals surface area contributed by atoms with Crippen LogP contribution in [0.1, 0.15) is 22.6 Å². The molecule has 28 heavy (non-hydrogen) atoms. The molecule has 5 heteroatoms. The van der Waals surface area contributed by atoms with E-state index in [0.29, 0.717) is 5.56 Å². The Morgan fingerprint density at radius 1 is 0.643 bits per heavy atom. The summed E-state index contributed by atoms with van der Waals surface area (Å²) in [6.07, 6.45) is 3.83. The summed E-state index contributed by atoms with van der Waals surface area (Å²) in [5.74, 6) is -1.08. The van der Waals surface area contributed by atoms with E-state index < -0.39 is 5.92 Å². The van der Waals surface area contributed by atoms with Crippen LogP contribution in [-0.2, 0) is 0 Å². The van der Waals surface area contributed by atoms with Gasteiger partial charge in [0.1, 0.15) is 5.75 Å². The first kappa shape index (κ1) is 16.3. The third-order valence-electron chi connectivity index (χ3n) is 5.28. The van der Waals surface area contributed by atoms with Crippen molar-refractivity contribution in [3.63, 3.8) is 0 Å². The number of aromatic nitrogens is 2. The highest BCUT2D eigenvalue weighted by atomic mass is 16.3. The molecule has 5 rings (SSSR count). The van der Waals surface area contributed by atoms with Crippen molar-refractivity contribution >= 4 is 21.8 Å². The molecule has 0 unspecified atom stereocenters. The van der Waals surface area contributed by atoms with Crippen molar-refractivity contribution in [2.45, 2.75) is 5.92 Å². The minimum absolute atomic E-state index is 0.102. The molecule has 2 heterocycles. The molecule has 0 spiro atoms. The van der Waals surface area contributed by atoms with Crippen LogP contribution >= 0.6 is 0 Å². The Kier molecular flexibility index (Phi) is 3.55. The summed E-state index contributed by atoms with van der Waals surface area (Å²) in [5, 5.41) is 32.9. The van der Waals surface area contributed by atoms with E-state index in [2.05, 4.69) is 9.97 Å². The second kappa shape index (κ2) is 6.09. The first-order chi connectivity index (χ1) is 13.6. The summed E-state index contributed by atoms with van der Waals surface area (Å²) in [4.78, 5) is 6.56. The SMILES string of the molecule is Oc1cc(O)c(O)c(C(c2c[nH]c3ccccc23)c2c[nH]c3ccccc23)c1. The largest absolute Gasteiger partial charge is 0.508 e. The van der Waals surface area contributed by atoms with E-state index in [9.17, 15) is 15.3 Å². The maximum Gasteiger partial charge on any atom is 0.161 e. The molecule has 2 aromatic heterocycles. The summed E-state index contributed by atoms with van der Waals surface area (Å²) in [5.41, 5.74) is 4.28. The van der Waals surface area contributed by atoms with Crippen molar-refractivity contribution in [3.8, 4) is 17.2 Å². The number of H-pyrrole nitrogens is 2. The lowest BCUT2D eigenvalue weighted by molar-refractivity contribution is 0.391. The fourth-order valence-electron chi connectivity index (χ4n) is 4.01. The van der Waals surface area contributed by atoms with Gasteiger partial charge in [0.2, 0.25) is 0 Å². The number of rotatable bonds is 3. The summed E-state index contributed by atoms with van der Waals surface area (Å²) in [7, 11) is 0. The second-order valence-corrected chi connectivity index (χ2v) is 6.91. The normalized spacial score (nSPS) is 11.6. The van der Waals surface area contributed by atoms with Gasteiger partial charge in [-0.05, 0) is 29.3 Å². The van der Waals surface area contributed by atoms with Crippen LogP contribution < -0.4 is 0 Å². The van der Waals surface area contributed by atoms with Crippen molar-refractivity contribution in [2.75, 3.05) is 0 Å². The van der Waals surface area contributed by atoms with Crippen LogP contribution in [0.4, 0.5) is 0 Å². The van der Waals surface area contributed by atoms with Gasteiger partial charge in [-0.1, -0.05) is 36.4 Å². The molecule has 5 nitrogen and oxygen atoms in total. The van der Waals surface area contributed by atoms with Crippen LogP contribution in [0, 0.1) is 0 Å². The van der Waals surface area contributed by atoms with Gasteiger partial charge in [0.25, 0.3) is 0 Å². The molecule has 3 aromatic carbocycles. The zero-order chi connectivity index (χ0) is 19.3. The number of fused-ring (bicyclic) bond motifs is 2. The van der Waals surface area contributed by atoms with Gasteiger partial charge < -0.3 is 25.3 Å². The minimum atomic E-state index is -0.398. The smallest absolute Gasteiger partial charge is 0.161 e. The molecule has 0 aliphatic heterocycles. The van der Waals surface area contributed by atoms with E-state index in [-0.39, 0.29) is 17.2 Å². The maximum atomic E-state index is 10.7. The van der Waals surface area contributed by atoms with Gasteiger partial charge in [-0.2, -0.15) is 0 Å². The lowest BCUT2D eigenvalue weighted by Crippen LogP contribution is -2.03. The summed E-state index contributed by atoms with van der Waals surface area (Å²) >= 11 is 0. The van der Waals surface area contributed by atoms with Crippen molar-refractivity contribution < 1.29 is 15.3 Å². The Hall–Kier alpha value is -3.86. The predicted octanol–water partition coefficient (Wildman–Crippen LogP) is 4.95. The zero-order valence-corrected chi connectivity index (χ0v) is 14.8. The molecule has 0 fully saturated rings. The van der Waals surface area contributed by atoms with E-state index in [4.69, 9.17) is 0 Å². The summed E-state index contributed by atoms with van der Waals surface area (Å²) in [6, 6.07) is 18.5. The summed E-state index contributed by atoms with van der Waals surface area (Å²) < 4.78 is 0. The third kappa shape index (κ3) is 2.41. The number of para-hydroxylation sites is 2. The van der Waals surface area contributed by atoms with Gasteiger partial charge >= 0.3 is 0 Å². The van der Waals surface area contributed by atoms with Crippen LogP contribution in [-0.4, -0.2) is 25.3 Å². The molecular weight excluding hydrogens is 352 g/mol. The third-order valence-corrected chi connectivity index (χ3v) is 5.28. The number of benzene rings is 3. The number of hydrogen-bond donors (Lipinski definition) is 5. The highest BCUT2D eigenvalue weighted by Gasteiger charge is 2.27. The Bertz CT molecular complexity index is 1240. The van der Waals surface area contributed by atoms with Crippen LogP contribution in [0.15, 0.2) is 73.1 Å². The first-order valence-electron chi connectivity index (χ1n) is 9.00. The molecule has 138 valence electrons. The minimum Gasteiger partial charge on any atom is -0.508 e. The molecule has 5 aromatic rings. The molecule has 0 aliphatic carbocycles. The van der Waals surface area contributed by atoms with E-state index in [0.717, 1.165) is 39.0 Å². The Balaban J connectivity index is 1.86. The Morgan fingerprint density at radius 3 is 1.75 bits per heavy atom. The van der Waals surface area contributed by atoms with Gasteiger partial charge in [-0.25, -0.2) is 0 Å². The number of hydrogen-bond acceptors (Lipinski definition) is 3. The van der Waals surface area contributed by atoms with Gasteiger partial charge in [-0.15, -0.1) is 0 Å². The topological polar surface area (TPSA) is 92.3 Å². The molecule has 0 saturated heterocycles. The fourth-order valence-corrected chi connectivity index (χ4v) is 4.01. The van der Waals surface area contributed by atoms with Gasteiger partial charge in [-0.3, -0.25) is 0 Å². The number of aromatic amines is 2. The first-order valence-corrected chi connectivity index (χ1v) is 9.00. The number of aromatic hydroxyl groups is 3. The molecule has 0 radical (unpaired) electrons. The molecule has 0 atom stereocenters. The highest BCUT2D eigenvalue weighted by molar-refractivity contribution is 5.89. The van der Waals surface area contributed by atoms with Crippen LogP contribution in [0.25, 0.3) is 21.8 Å². The molecule has 5 N–H and O–H groups in total. The Morgan fingerprint density at radius 2 is 1.18 bits per heavy atom. The van der Waals surface area contributed by atoms with Crippen molar-refractivity contribution in [1.82, 2.24) is 9.97 Å². The second-order valence-electron chi connectivity index (χ2n) is 6.91. The quantitative estimate of drug-likeness (QED) is 0.230. The number of nitrogens with one attached hydrogen (secondary N) is 2. The van der Waals surface area contributed by atoms with E-state index in [1.165, 1.54) is 6.07 Å². The van der Waals surface area contributed by atoms with Crippen molar-refractivity contribution in [1.29, 1.82) is 0 Å². The number of phenolic OH excluding ortho intramolecular Hbond substituents is 3. The highest BCUT2D eigenvalue weighted by Crippen LogP contribution is 2.46. The molecule has 0 saturated carbocycles. The van der Waals surface area contributed by atoms with Crippen molar-refractivity contribution in [3.05, 3.63) is 89.7 Å². The van der Waals surface area contributed by atoms with Gasteiger partial charge in [0.15, 0.2) is 11.5 Å². The maximum absolute atomic E-state index is 10.7. The lowest BCUT2D eigenvalue weighted by Gasteiger charge is -2.19. The zero-order valence-electron chi connectivity index (χ0n) is 14.8. The molecule has 0 aliphatic rings. The average molecular weight is 370 g/mol. The van der Waals surface area contributed by atoms with Crippen molar-refractivity contribution in [2.24, 2.45) is 0 Å². The van der Waals surface area contributed by atoms with E-state index in [1.807, 2.05) is 60.9 Å². The van der Waals surface area contributed by atoms with Crippen LogP contribution in [0.3, 0.4) is 0 Å². The van der Waals surface area contributed by atoms with Crippen LogP contribution in [0.5, 0.6) is 17.2 Å². The standard InChI is InChI=1S/C23H18N2O3/c26-13-9-16(23(28)21(27)10-13)22(17-11-24-19-7-3-1-5-14(17)19)18-12-25-20-8-4-2-6-15(18)20/h1-12,22,24-28H. The number of phenols is 3.